The standard InChI is InChI=1S/C20H20N2O/c21-12-14-6-1-3-8-16(14)18-10-5-11-19(20(18)23)17-9-4-2-7-15(17)13-22/h1-11,23H,12-13,21-22H2. The van der Waals surface area contributed by atoms with Crippen molar-refractivity contribution in [1.82, 2.24) is 0 Å². The summed E-state index contributed by atoms with van der Waals surface area (Å²) in [5.41, 5.74) is 17.2. The molecule has 0 bridgehead atoms. The molecular weight excluding hydrogens is 284 g/mol. The first-order chi connectivity index (χ1) is 11.3. The summed E-state index contributed by atoms with van der Waals surface area (Å²) >= 11 is 0. The van der Waals surface area contributed by atoms with Crippen molar-refractivity contribution in [2.24, 2.45) is 11.5 Å². The fourth-order valence-corrected chi connectivity index (χ4v) is 2.90. The zero-order valence-electron chi connectivity index (χ0n) is 12.9. The van der Waals surface area contributed by atoms with Gasteiger partial charge in [-0.3, -0.25) is 0 Å². The van der Waals surface area contributed by atoms with Crippen LogP contribution in [0.4, 0.5) is 0 Å². The van der Waals surface area contributed by atoms with Gasteiger partial charge in [-0.1, -0.05) is 66.7 Å². The third-order valence-corrected chi connectivity index (χ3v) is 4.09. The van der Waals surface area contributed by atoms with E-state index in [9.17, 15) is 5.11 Å². The minimum absolute atomic E-state index is 0.259. The smallest absolute Gasteiger partial charge is 0.131 e. The first kappa shape index (κ1) is 15.3. The van der Waals surface area contributed by atoms with E-state index in [4.69, 9.17) is 11.5 Å². The van der Waals surface area contributed by atoms with E-state index in [1.165, 1.54) is 0 Å². The molecule has 3 aromatic rings. The van der Waals surface area contributed by atoms with Crippen LogP contribution in [0.1, 0.15) is 11.1 Å². The van der Waals surface area contributed by atoms with Gasteiger partial charge in [-0.15, -0.1) is 0 Å². The summed E-state index contributed by atoms with van der Waals surface area (Å²) in [7, 11) is 0. The van der Waals surface area contributed by atoms with Gasteiger partial charge in [0.25, 0.3) is 0 Å². The van der Waals surface area contributed by atoms with Crippen molar-refractivity contribution in [3.8, 4) is 28.0 Å². The highest BCUT2D eigenvalue weighted by molar-refractivity contribution is 5.84. The predicted octanol–water partition coefficient (Wildman–Crippen LogP) is 3.64. The number of phenols is 1. The van der Waals surface area contributed by atoms with E-state index in [0.717, 1.165) is 33.4 Å². The molecule has 0 amide bonds. The number of benzene rings is 3. The molecule has 0 atom stereocenters. The van der Waals surface area contributed by atoms with Crippen molar-refractivity contribution in [3.05, 3.63) is 77.9 Å². The highest BCUT2D eigenvalue weighted by atomic mass is 16.3. The molecular formula is C20H20N2O. The Morgan fingerprint density at radius 3 is 1.39 bits per heavy atom. The molecule has 0 aromatic heterocycles. The second-order valence-electron chi connectivity index (χ2n) is 5.42. The van der Waals surface area contributed by atoms with Crippen LogP contribution >= 0.6 is 0 Å². The molecule has 0 radical (unpaired) electrons. The summed E-state index contributed by atoms with van der Waals surface area (Å²) < 4.78 is 0. The van der Waals surface area contributed by atoms with Crippen molar-refractivity contribution in [2.75, 3.05) is 0 Å². The minimum Gasteiger partial charge on any atom is -0.507 e. The largest absolute Gasteiger partial charge is 0.507 e. The third kappa shape index (κ3) is 2.84. The molecule has 0 saturated carbocycles. The van der Waals surface area contributed by atoms with E-state index < -0.39 is 0 Å². The number of hydrogen-bond donors (Lipinski definition) is 3. The Balaban J connectivity index is 2.20. The summed E-state index contributed by atoms with van der Waals surface area (Å²) in [6, 6.07) is 21.5. The maximum Gasteiger partial charge on any atom is 0.131 e. The molecule has 3 rings (SSSR count). The molecule has 0 spiro atoms. The zero-order valence-corrected chi connectivity index (χ0v) is 12.9. The summed E-state index contributed by atoms with van der Waals surface area (Å²) in [5.74, 6) is 0.259. The van der Waals surface area contributed by atoms with E-state index >= 15 is 0 Å². The van der Waals surface area contributed by atoms with Crippen molar-refractivity contribution in [1.29, 1.82) is 0 Å². The van der Waals surface area contributed by atoms with E-state index in [1.54, 1.807) is 0 Å². The summed E-state index contributed by atoms with van der Waals surface area (Å²) in [5, 5.41) is 10.9. The van der Waals surface area contributed by atoms with E-state index in [0.29, 0.717) is 13.1 Å². The van der Waals surface area contributed by atoms with E-state index in [2.05, 4.69) is 0 Å². The molecule has 0 saturated heterocycles. The predicted molar refractivity (Wildman–Crippen MR) is 94.8 cm³/mol. The Bertz CT molecular complexity index is 762. The van der Waals surface area contributed by atoms with Crippen molar-refractivity contribution < 1.29 is 5.11 Å². The fourth-order valence-electron chi connectivity index (χ4n) is 2.90. The molecule has 23 heavy (non-hydrogen) atoms. The second kappa shape index (κ2) is 6.65. The Labute approximate surface area is 136 Å². The van der Waals surface area contributed by atoms with Crippen molar-refractivity contribution in [3.63, 3.8) is 0 Å². The number of para-hydroxylation sites is 1. The molecule has 3 aromatic carbocycles. The van der Waals surface area contributed by atoms with Gasteiger partial charge in [0.2, 0.25) is 0 Å². The normalized spacial score (nSPS) is 10.7. The molecule has 0 aliphatic carbocycles. The average Bonchev–Trinajstić information content (AvgIpc) is 2.62. The van der Waals surface area contributed by atoms with E-state index in [1.807, 2.05) is 66.7 Å². The Morgan fingerprint density at radius 2 is 0.957 bits per heavy atom. The number of hydrogen-bond acceptors (Lipinski definition) is 3. The lowest BCUT2D eigenvalue weighted by Gasteiger charge is -2.15. The van der Waals surface area contributed by atoms with Gasteiger partial charge in [0.05, 0.1) is 0 Å². The van der Waals surface area contributed by atoms with Crippen LogP contribution in [0.25, 0.3) is 22.3 Å². The van der Waals surface area contributed by atoms with Crippen molar-refractivity contribution >= 4 is 0 Å². The van der Waals surface area contributed by atoms with Gasteiger partial charge in [0, 0.05) is 24.2 Å². The van der Waals surface area contributed by atoms with Gasteiger partial charge in [-0.05, 0) is 22.3 Å². The Morgan fingerprint density at radius 1 is 0.565 bits per heavy atom. The molecule has 116 valence electrons. The maximum atomic E-state index is 10.9. The topological polar surface area (TPSA) is 72.3 Å². The summed E-state index contributed by atoms with van der Waals surface area (Å²) in [6.45, 7) is 0.860. The minimum atomic E-state index is 0.259. The van der Waals surface area contributed by atoms with E-state index in [-0.39, 0.29) is 5.75 Å². The lowest BCUT2D eigenvalue weighted by atomic mass is 9.92. The van der Waals surface area contributed by atoms with Gasteiger partial charge >= 0.3 is 0 Å². The monoisotopic (exact) mass is 304 g/mol. The molecule has 0 unspecified atom stereocenters. The number of aromatic hydroxyl groups is 1. The molecule has 5 N–H and O–H groups in total. The lowest BCUT2D eigenvalue weighted by molar-refractivity contribution is 0.479. The van der Waals surface area contributed by atoms with Crippen LogP contribution < -0.4 is 11.5 Å². The van der Waals surface area contributed by atoms with Crippen LogP contribution in [-0.2, 0) is 13.1 Å². The average molecular weight is 304 g/mol. The number of rotatable bonds is 4. The molecule has 0 fully saturated rings. The first-order valence-electron chi connectivity index (χ1n) is 7.65. The van der Waals surface area contributed by atoms with Gasteiger partial charge in [0.1, 0.15) is 5.75 Å². The summed E-state index contributed by atoms with van der Waals surface area (Å²) in [6.07, 6.45) is 0. The molecule has 0 heterocycles. The molecule has 3 heteroatoms. The van der Waals surface area contributed by atoms with Gasteiger partial charge in [-0.25, -0.2) is 0 Å². The molecule has 3 nitrogen and oxygen atoms in total. The second-order valence-corrected chi connectivity index (χ2v) is 5.42. The van der Waals surface area contributed by atoms with Crippen LogP contribution in [0, 0.1) is 0 Å². The van der Waals surface area contributed by atoms with Crippen LogP contribution in [0.5, 0.6) is 5.75 Å². The quantitative estimate of drug-likeness (QED) is 0.689. The number of nitrogens with two attached hydrogens (primary N) is 2. The number of phenolic OH excluding ortho intramolecular Hbond substituents is 1. The Hall–Kier alpha value is -2.62. The fraction of sp³-hybridized carbons (Fsp3) is 0.100. The third-order valence-electron chi connectivity index (χ3n) is 4.09. The van der Waals surface area contributed by atoms with Crippen LogP contribution in [0.2, 0.25) is 0 Å². The van der Waals surface area contributed by atoms with Crippen LogP contribution in [-0.4, -0.2) is 5.11 Å². The lowest BCUT2D eigenvalue weighted by Crippen LogP contribution is -2.00. The Kier molecular flexibility index (Phi) is 4.42. The van der Waals surface area contributed by atoms with Crippen LogP contribution in [0.15, 0.2) is 66.7 Å². The molecule has 0 aliphatic rings. The highest BCUT2D eigenvalue weighted by Gasteiger charge is 2.14. The van der Waals surface area contributed by atoms with Crippen molar-refractivity contribution in [2.45, 2.75) is 13.1 Å². The highest BCUT2D eigenvalue weighted by Crippen LogP contribution is 2.40. The van der Waals surface area contributed by atoms with Gasteiger partial charge < -0.3 is 16.6 Å². The molecule has 0 aliphatic heterocycles. The summed E-state index contributed by atoms with van der Waals surface area (Å²) in [4.78, 5) is 0. The SMILES string of the molecule is NCc1ccccc1-c1cccc(-c2ccccc2CN)c1O. The van der Waals surface area contributed by atoms with Crippen LogP contribution in [0.3, 0.4) is 0 Å². The maximum absolute atomic E-state index is 10.9. The first-order valence-corrected chi connectivity index (χ1v) is 7.65. The van der Waals surface area contributed by atoms with Gasteiger partial charge in [0.15, 0.2) is 0 Å². The van der Waals surface area contributed by atoms with Gasteiger partial charge in [-0.2, -0.15) is 0 Å². The zero-order chi connectivity index (χ0) is 16.2.